The molecule has 1 aliphatic carbocycles. The number of rotatable bonds is 4. The summed E-state index contributed by atoms with van der Waals surface area (Å²) in [5, 5.41) is 11.3. The molecule has 3 atom stereocenters. The third-order valence-electron chi connectivity index (χ3n) is 6.45. The molecular formula is C25H27NO3. The van der Waals surface area contributed by atoms with Crippen LogP contribution < -0.4 is 0 Å². The fraction of sp³-hybridized carbons (Fsp3) is 0.320. The van der Waals surface area contributed by atoms with Gasteiger partial charge < -0.3 is 9.84 Å². The molecule has 2 aliphatic rings. The predicted molar refractivity (Wildman–Crippen MR) is 114 cm³/mol. The number of hydrogen-bond donors (Lipinski definition) is 1. The van der Waals surface area contributed by atoms with Gasteiger partial charge in [0.1, 0.15) is 12.4 Å². The van der Waals surface area contributed by atoms with Crippen LogP contribution in [0.2, 0.25) is 0 Å². The Bertz CT molecular complexity index is 964. The number of nitrogens with zero attached hydrogens (tertiary/aromatic N) is 1. The SMILES string of the molecule is C=C1C(O)=C(N2C(=O)OCC2C(C)C)[C@@H](c2ccccc2)[C@]1(C)c1ccccc1. The summed E-state index contributed by atoms with van der Waals surface area (Å²) in [5.74, 6) is 0.0234. The quantitative estimate of drug-likeness (QED) is 0.746. The Morgan fingerprint density at radius 3 is 2.28 bits per heavy atom. The number of ether oxygens (including phenoxy) is 1. The maximum atomic E-state index is 12.8. The highest BCUT2D eigenvalue weighted by molar-refractivity contribution is 5.75. The highest BCUT2D eigenvalue weighted by Gasteiger charge is 2.54. The molecule has 4 rings (SSSR count). The topological polar surface area (TPSA) is 49.8 Å². The third-order valence-corrected chi connectivity index (χ3v) is 6.45. The summed E-state index contributed by atoms with van der Waals surface area (Å²) in [6.07, 6.45) is -0.406. The van der Waals surface area contributed by atoms with Crippen molar-refractivity contribution >= 4 is 6.09 Å². The van der Waals surface area contributed by atoms with E-state index >= 15 is 0 Å². The lowest BCUT2D eigenvalue weighted by atomic mass is 9.68. The van der Waals surface area contributed by atoms with E-state index in [-0.39, 0.29) is 23.6 Å². The molecular weight excluding hydrogens is 362 g/mol. The fourth-order valence-corrected chi connectivity index (χ4v) is 4.70. The molecule has 1 saturated heterocycles. The number of hydrogen-bond acceptors (Lipinski definition) is 3. The van der Waals surface area contributed by atoms with Gasteiger partial charge in [-0.2, -0.15) is 0 Å². The zero-order valence-electron chi connectivity index (χ0n) is 17.1. The Kier molecular flexibility index (Phi) is 4.73. The van der Waals surface area contributed by atoms with Crippen molar-refractivity contribution in [2.24, 2.45) is 5.92 Å². The van der Waals surface area contributed by atoms with Crippen molar-refractivity contribution in [2.45, 2.75) is 38.1 Å². The molecule has 1 unspecified atom stereocenters. The van der Waals surface area contributed by atoms with E-state index in [9.17, 15) is 9.90 Å². The van der Waals surface area contributed by atoms with Crippen LogP contribution >= 0.6 is 0 Å². The summed E-state index contributed by atoms with van der Waals surface area (Å²) in [6, 6.07) is 20.0. The van der Waals surface area contributed by atoms with E-state index in [1.54, 1.807) is 4.90 Å². The molecule has 0 radical (unpaired) electrons. The number of amides is 1. The second-order valence-corrected chi connectivity index (χ2v) is 8.38. The molecule has 2 aromatic rings. The van der Waals surface area contributed by atoms with Gasteiger partial charge in [-0.25, -0.2) is 4.79 Å². The number of cyclic esters (lactones) is 1. The molecule has 0 bridgehead atoms. The number of carbonyl (C=O) groups is 1. The van der Waals surface area contributed by atoms with Crippen molar-refractivity contribution in [1.82, 2.24) is 4.90 Å². The summed E-state index contributed by atoms with van der Waals surface area (Å²) in [7, 11) is 0. The van der Waals surface area contributed by atoms with E-state index in [2.05, 4.69) is 39.5 Å². The van der Waals surface area contributed by atoms with Crippen molar-refractivity contribution < 1.29 is 14.6 Å². The lowest BCUT2D eigenvalue weighted by Crippen LogP contribution is -2.40. The largest absolute Gasteiger partial charge is 0.506 e. The molecule has 2 aromatic carbocycles. The molecule has 1 aliphatic heterocycles. The van der Waals surface area contributed by atoms with Gasteiger partial charge in [0.25, 0.3) is 0 Å². The predicted octanol–water partition coefficient (Wildman–Crippen LogP) is 5.54. The van der Waals surface area contributed by atoms with E-state index in [0.29, 0.717) is 17.9 Å². The molecule has 0 spiro atoms. The smallest absolute Gasteiger partial charge is 0.414 e. The minimum absolute atomic E-state index is 0.0923. The van der Waals surface area contributed by atoms with Gasteiger partial charge in [-0.3, -0.25) is 4.90 Å². The van der Waals surface area contributed by atoms with Crippen molar-refractivity contribution in [3.8, 4) is 0 Å². The normalized spacial score (nSPS) is 27.1. The summed E-state index contributed by atoms with van der Waals surface area (Å²) in [5.41, 5.74) is 2.70. The van der Waals surface area contributed by atoms with Crippen LogP contribution in [0.1, 0.15) is 37.8 Å². The van der Waals surface area contributed by atoms with Gasteiger partial charge in [0.05, 0.1) is 11.7 Å². The Balaban J connectivity index is 1.94. The molecule has 4 nitrogen and oxygen atoms in total. The van der Waals surface area contributed by atoms with Gasteiger partial charge >= 0.3 is 6.09 Å². The van der Waals surface area contributed by atoms with Gasteiger partial charge in [0, 0.05) is 11.3 Å². The number of allylic oxidation sites excluding steroid dienone is 2. The van der Waals surface area contributed by atoms with E-state index in [1.165, 1.54) is 0 Å². The first-order chi connectivity index (χ1) is 13.9. The Morgan fingerprint density at radius 1 is 1.10 bits per heavy atom. The van der Waals surface area contributed by atoms with Crippen LogP contribution in [0.5, 0.6) is 0 Å². The molecule has 4 heteroatoms. The Hall–Kier alpha value is -3.01. The number of benzene rings is 2. The standard InChI is InChI=1S/C25H27NO3/c1-16(2)20-15-29-24(28)26(20)22-21(18-11-7-5-8-12-18)25(4,17(3)23(22)27)19-13-9-6-10-14-19/h5-14,16,20-21,27H,3,15H2,1-2,4H3/t20?,21-,25+/m1/s1. The average molecular weight is 389 g/mol. The van der Waals surface area contributed by atoms with E-state index in [4.69, 9.17) is 4.74 Å². The minimum Gasteiger partial charge on any atom is -0.506 e. The highest BCUT2D eigenvalue weighted by Crippen LogP contribution is 2.57. The van der Waals surface area contributed by atoms with Crippen LogP contribution in [0.25, 0.3) is 0 Å². The van der Waals surface area contributed by atoms with Crippen LogP contribution in [0, 0.1) is 5.92 Å². The van der Waals surface area contributed by atoms with Crippen LogP contribution in [0.15, 0.2) is 84.3 Å². The maximum absolute atomic E-state index is 12.8. The zero-order chi connectivity index (χ0) is 20.8. The molecule has 1 heterocycles. The second-order valence-electron chi connectivity index (χ2n) is 8.38. The van der Waals surface area contributed by atoms with Crippen molar-refractivity contribution in [1.29, 1.82) is 0 Å². The number of aliphatic hydroxyl groups is 1. The molecule has 150 valence electrons. The van der Waals surface area contributed by atoms with Crippen LogP contribution in [-0.4, -0.2) is 28.7 Å². The van der Waals surface area contributed by atoms with Gasteiger partial charge in [0.15, 0.2) is 0 Å². The van der Waals surface area contributed by atoms with E-state index in [1.807, 2.05) is 48.5 Å². The first-order valence-electron chi connectivity index (χ1n) is 10.1. The van der Waals surface area contributed by atoms with E-state index in [0.717, 1.165) is 11.1 Å². The lowest BCUT2D eigenvalue weighted by molar-refractivity contribution is 0.161. The van der Waals surface area contributed by atoms with Crippen LogP contribution in [0.4, 0.5) is 4.79 Å². The summed E-state index contributed by atoms with van der Waals surface area (Å²) in [4.78, 5) is 14.4. The number of carbonyl (C=O) groups excluding carboxylic acids is 1. The van der Waals surface area contributed by atoms with Gasteiger partial charge in [-0.05, 0) is 22.6 Å². The Morgan fingerprint density at radius 2 is 1.69 bits per heavy atom. The number of aliphatic hydroxyl groups excluding tert-OH is 1. The third kappa shape index (κ3) is 2.86. The minimum atomic E-state index is -0.591. The summed E-state index contributed by atoms with van der Waals surface area (Å²) in [6.45, 7) is 10.8. The first kappa shape index (κ1) is 19.3. The van der Waals surface area contributed by atoms with E-state index < -0.39 is 11.5 Å². The van der Waals surface area contributed by atoms with Gasteiger partial charge in [0.2, 0.25) is 0 Å². The van der Waals surface area contributed by atoms with Gasteiger partial charge in [-0.1, -0.05) is 88.0 Å². The molecule has 1 N–H and O–H groups in total. The van der Waals surface area contributed by atoms with Gasteiger partial charge in [-0.15, -0.1) is 0 Å². The van der Waals surface area contributed by atoms with Crippen molar-refractivity contribution in [3.05, 3.63) is 95.4 Å². The van der Waals surface area contributed by atoms with Crippen LogP contribution in [0.3, 0.4) is 0 Å². The first-order valence-corrected chi connectivity index (χ1v) is 10.1. The molecule has 29 heavy (non-hydrogen) atoms. The second kappa shape index (κ2) is 7.11. The highest BCUT2D eigenvalue weighted by atomic mass is 16.6. The lowest BCUT2D eigenvalue weighted by Gasteiger charge is -2.37. The summed E-state index contributed by atoms with van der Waals surface area (Å²) < 4.78 is 5.41. The Labute approximate surface area is 172 Å². The summed E-state index contributed by atoms with van der Waals surface area (Å²) >= 11 is 0. The van der Waals surface area contributed by atoms with Crippen LogP contribution in [-0.2, 0) is 10.2 Å². The zero-order valence-corrected chi connectivity index (χ0v) is 17.1. The molecule has 0 saturated carbocycles. The monoisotopic (exact) mass is 389 g/mol. The average Bonchev–Trinajstić information content (AvgIpc) is 3.21. The fourth-order valence-electron chi connectivity index (χ4n) is 4.70. The molecule has 0 aromatic heterocycles. The van der Waals surface area contributed by atoms with Crippen molar-refractivity contribution in [2.75, 3.05) is 6.61 Å². The maximum Gasteiger partial charge on any atom is 0.414 e. The van der Waals surface area contributed by atoms with Crippen molar-refractivity contribution in [3.63, 3.8) is 0 Å². The molecule has 1 fully saturated rings. The molecule has 1 amide bonds.